The summed E-state index contributed by atoms with van der Waals surface area (Å²) in [5.41, 5.74) is 4.90. The first kappa shape index (κ1) is 14.5. The normalized spacial score (nSPS) is 10.7. The lowest BCUT2D eigenvalue weighted by molar-refractivity contribution is 0.474. The predicted octanol–water partition coefficient (Wildman–Crippen LogP) is 4.73. The molecule has 0 saturated carbocycles. The van der Waals surface area contributed by atoms with Gasteiger partial charge in [0, 0.05) is 10.7 Å². The highest BCUT2D eigenvalue weighted by molar-refractivity contribution is 6.32. The number of phenolic OH excluding ortho intramolecular Hbond substituents is 2. The number of phenols is 2. The molecule has 0 aliphatic rings. The molecule has 0 spiro atoms. The van der Waals surface area contributed by atoms with Gasteiger partial charge in [0.25, 0.3) is 0 Å². The van der Waals surface area contributed by atoms with Crippen molar-refractivity contribution < 1.29 is 10.2 Å². The van der Waals surface area contributed by atoms with Crippen molar-refractivity contribution in [2.24, 2.45) is 0 Å². The van der Waals surface area contributed by atoms with Crippen LogP contribution in [0.25, 0.3) is 0 Å². The molecule has 0 unspecified atom stereocenters. The van der Waals surface area contributed by atoms with Crippen LogP contribution in [0.5, 0.6) is 11.5 Å². The van der Waals surface area contributed by atoms with Crippen molar-refractivity contribution in [2.45, 2.75) is 27.7 Å². The SMILES string of the molecule is Cc1cc(O)c(Nc2c(C)cc(O)cc2C)c(C)c1Cl. The van der Waals surface area contributed by atoms with Gasteiger partial charge in [-0.15, -0.1) is 0 Å². The van der Waals surface area contributed by atoms with Crippen LogP contribution in [0, 0.1) is 27.7 Å². The molecular weight excluding hydrogens is 274 g/mol. The van der Waals surface area contributed by atoms with Crippen LogP contribution >= 0.6 is 11.6 Å². The van der Waals surface area contributed by atoms with Gasteiger partial charge in [-0.1, -0.05) is 11.6 Å². The lowest BCUT2D eigenvalue weighted by atomic mass is 10.1. The molecule has 0 fully saturated rings. The van der Waals surface area contributed by atoms with Crippen LogP contribution in [0.3, 0.4) is 0 Å². The van der Waals surface area contributed by atoms with Crippen LogP contribution in [0.4, 0.5) is 11.4 Å². The second-order valence-electron chi connectivity index (χ2n) is 5.11. The van der Waals surface area contributed by atoms with Crippen molar-refractivity contribution in [3.8, 4) is 11.5 Å². The van der Waals surface area contributed by atoms with Gasteiger partial charge in [-0.05, 0) is 68.1 Å². The number of benzene rings is 2. The van der Waals surface area contributed by atoms with Gasteiger partial charge >= 0.3 is 0 Å². The molecule has 0 amide bonds. The van der Waals surface area contributed by atoms with E-state index in [-0.39, 0.29) is 11.5 Å². The van der Waals surface area contributed by atoms with Crippen molar-refractivity contribution in [2.75, 3.05) is 5.32 Å². The zero-order valence-corrected chi connectivity index (χ0v) is 12.8. The van der Waals surface area contributed by atoms with Crippen LogP contribution in [-0.2, 0) is 0 Å². The fourth-order valence-electron chi connectivity index (χ4n) is 2.36. The molecule has 4 heteroatoms. The maximum absolute atomic E-state index is 10.1. The van der Waals surface area contributed by atoms with Crippen molar-refractivity contribution in [3.05, 3.63) is 45.5 Å². The molecule has 0 bridgehead atoms. The smallest absolute Gasteiger partial charge is 0.139 e. The van der Waals surface area contributed by atoms with Crippen molar-refractivity contribution >= 4 is 23.0 Å². The first-order valence-corrected chi connectivity index (χ1v) is 6.75. The Balaban J connectivity index is 2.54. The monoisotopic (exact) mass is 291 g/mol. The first-order valence-electron chi connectivity index (χ1n) is 6.37. The highest BCUT2D eigenvalue weighted by Gasteiger charge is 2.14. The van der Waals surface area contributed by atoms with Gasteiger partial charge < -0.3 is 15.5 Å². The van der Waals surface area contributed by atoms with Crippen molar-refractivity contribution in [1.29, 1.82) is 0 Å². The summed E-state index contributed by atoms with van der Waals surface area (Å²) in [5.74, 6) is 0.393. The maximum Gasteiger partial charge on any atom is 0.139 e. The maximum atomic E-state index is 10.1. The highest BCUT2D eigenvalue weighted by Crippen LogP contribution is 2.38. The van der Waals surface area contributed by atoms with Crippen LogP contribution in [0.1, 0.15) is 22.3 Å². The Hall–Kier alpha value is -1.87. The number of halogens is 1. The third-order valence-corrected chi connectivity index (χ3v) is 4.01. The Morgan fingerprint density at radius 1 is 0.850 bits per heavy atom. The second kappa shape index (κ2) is 5.25. The largest absolute Gasteiger partial charge is 0.508 e. The summed E-state index contributed by atoms with van der Waals surface area (Å²) in [6.45, 7) is 7.52. The average molecular weight is 292 g/mol. The first-order chi connectivity index (χ1) is 9.31. The van der Waals surface area contributed by atoms with Gasteiger partial charge in [-0.25, -0.2) is 0 Å². The van der Waals surface area contributed by atoms with E-state index in [1.165, 1.54) is 0 Å². The molecule has 3 nitrogen and oxygen atoms in total. The molecule has 0 saturated heterocycles. The summed E-state index contributed by atoms with van der Waals surface area (Å²) in [6, 6.07) is 5.00. The van der Waals surface area contributed by atoms with Gasteiger partial charge in [-0.2, -0.15) is 0 Å². The van der Waals surface area contributed by atoms with E-state index in [0.29, 0.717) is 10.7 Å². The molecule has 3 N–H and O–H groups in total. The molecule has 0 radical (unpaired) electrons. The van der Waals surface area contributed by atoms with Crippen LogP contribution in [0.15, 0.2) is 18.2 Å². The third kappa shape index (κ3) is 2.54. The summed E-state index contributed by atoms with van der Waals surface area (Å²) in [5, 5.41) is 23.6. The van der Waals surface area contributed by atoms with Gasteiger partial charge in [0.2, 0.25) is 0 Å². The molecule has 106 valence electrons. The fraction of sp³-hybridized carbons (Fsp3) is 0.250. The zero-order chi connectivity index (χ0) is 15.0. The standard InChI is InChI=1S/C16H18ClNO2/c1-8-7-13(20)16(11(4)14(8)17)18-15-9(2)5-12(19)6-10(15)3/h5-7,18-20H,1-4H3. The Labute approximate surface area is 123 Å². The number of nitrogens with one attached hydrogen (secondary N) is 1. The summed E-state index contributed by atoms with van der Waals surface area (Å²) in [7, 11) is 0. The lowest BCUT2D eigenvalue weighted by Crippen LogP contribution is -1.99. The van der Waals surface area contributed by atoms with Crippen LogP contribution < -0.4 is 5.32 Å². The van der Waals surface area contributed by atoms with Gasteiger partial charge in [0.15, 0.2) is 0 Å². The van der Waals surface area contributed by atoms with E-state index in [4.69, 9.17) is 11.6 Å². The van der Waals surface area contributed by atoms with E-state index in [1.807, 2.05) is 27.7 Å². The molecular formula is C16H18ClNO2. The fourth-order valence-corrected chi connectivity index (χ4v) is 2.51. The Morgan fingerprint density at radius 3 is 1.95 bits per heavy atom. The molecule has 2 aromatic carbocycles. The number of hydrogen-bond acceptors (Lipinski definition) is 3. The minimum absolute atomic E-state index is 0.163. The van der Waals surface area contributed by atoms with Crippen molar-refractivity contribution in [1.82, 2.24) is 0 Å². The number of rotatable bonds is 2. The summed E-state index contributed by atoms with van der Waals surface area (Å²) >= 11 is 6.23. The number of aromatic hydroxyl groups is 2. The average Bonchev–Trinajstić information content (AvgIpc) is 2.34. The molecule has 20 heavy (non-hydrogen) atoms. The number of anilines is 2. The van der Waals surface area contributed by atoms with E-state index in [2.05, 4.69) is 5.32 Å². The molecule has 0 heterocycles. The van der Waals surface area contributed by atoms with Crippen LogP contribution in [0.2, 0.25) is 5.02 Å². The molecule has 0 atom stereocenters. The molecule has 2 rings (SSSR count). The second-order valence-corrected chi connectivity index (χ2v) is 5.48. The third-order valence-electron chi connectivity index (χ3n) is 3.43. The minimum atomic E-state index is 0.163. The predicted molar refractivity (Wildman–Crippen MR) is 83.5 cm³/mol. The van der Waals surface area contributed by atoms with Gasteiger partial charge in [-0.3, -0.25) is 0 Å². The van der Waals surface area contributed by atoms with Crippen LogP contribution in [-0.4, -0.2) is 10.2 Å². The number of hydrogen-bond donors (Lipinski definition) is 3. The lowest BCUT2D eigenvalue weighted by Gasteiger charge is -2.18. The number of aryl methyl sites for hydroxylation is 3. The van der Waals surface area contributed by atoms with E-state index >= 15 is 0 Å². The van der Waals surface area contributed by atoms with E-state index in [0.717, 1.165) is 27.9 Å². The topological polar surface area (TPSA) is 52.5 Å². The Kier molecular flexibility index (Phi) is 3.82. The summed E-state index contributed by atoms with van der Waals surface area (Å²) < 4.78 is 0. The minimum Gasteiger partial charge on any atom is -0.508 e. The molecule has 0 aliphatic carbocycles. The van der Waals surface area contributed by atoms with E-state index in [9.17, 15) is 10.2 Å². The van der Waals surface area contributed by atoms with E-state index in [1.54, 1.807) is 18.2 Å². The Bertz CT molecular complexity index is 658. The molecule has 0 aromatic heterocycles. The quantitative estimate of drug-likeness (QED) is 0.554. The molecule has 2 aromatic rings. The molecule has 0 aliphatic heterocycles. The van der Waals surface area contributed by atoms with Gasteiger partial charge in [0.05, 0.1) is 5.69 Å². The van der Waals surface area contributed by atoms with E-state index < -0.39 is 0 Å². The highest BCUT2D eigenvalue weighted by atomic mass is 35.5. The summed E-state index contributed by atoms with van der Waals surface area (Å²) in [6.07, 6.45) is 0. The zero-order valence-electron chi connectivity index (χ0n) is 12.0. The van der Waals surface area contributed by atoms with Crippen molar-refractivity contribution in [3.63, 3.8) is 0 Å². The Morgan fingerprint density at radius 2 is 1.40 bits per heavy atom. The van der Waals surface area contributed by atoms with Gasteiger partial charge in [0.1, 0.15) is 11.5 Å². The summed E-state index contributed by atoms with van der Waals surface area (Å²) in [4.78, 5) is 0.